The predicted octanol–water partition coefficient (Wildman–Crippen LogP) is 3.74. The molecule has 0 amide bonds. The standard InChI is InChI=1S/C25H30F2N4S/c26-19-4-2-18(3-5-19)22-17-24(21-7-6-20(27)16-23(21)22)30-13-10-29(11-14-30)12-15-31-9-1-8-28-25(31)32/h2-7,16,22,24H,1,8-15,17H2,(H,28,32)/t22-,24+/m0/s1. The van der Waals surface area contributed by atoms with Crippen molar-refractivity contribution in [2.24, 2.45) is 0 Å². The van der Waals surface area contributed by atoms with Gasteiger partial charge in [-0.05, 0) is 66.0 Å². The van der Waals surface area contributed by atoms with E-state index in [4.69, 9.17) is 12.2 Å². The molecule has 0 spiro atoms. The highest BCUT2D eigenvalue weighted by Gasteiger charge is 2.36. The first-order chi connectivity index (χ1) is 15.6. The van der Waals surface area contributed by atoms with E-state index in [-0.39, 0.29) is 23.6 Å². The van der Waals surface area contributed by atoms with Crippen molar-refractivity contribution in [2.45, 2.75) is 24.8 Å². The van der Waals surface area contributed by atoms with Crippen LogP contribution >= 0.6 is 12.2 Å². The lowest BCUT2D eigenvalue weighted by Crippen LogP contribution is -2.52. The van der Waals surface area contributed by atoms with E-state index in [1.165, 1.54) is 17.7 Å². The molecule has 5 rings (SSSR count). The van der Waals surface area contributed by atoms with Crippen LogP contribution < -0.4 is 5.32 Å². The zero-order chi connectivity index (χ0) is 22.1. The Morgan fingerprint density at radius 1 is 0.875 bits per heavy atom. The third kappa shape index (κ3) is 4.51. The Morgan fingerprint density at radius 2 is 1.62 bits per heavy atom. The van der Waals surface area contributed by atoms with Crippen molar-refractivity contribution in [3.63, 3.8) is 0 Å². The Hall–Kier alpha value is -2.09. The summed E-state index contributed by atoms with van der Waals surface area (Å²) in [5.41, 5.74) is 3.33. The lowest BCUT2D eigenvalue weighted by molar-refractivity contribution is 0.0910. The number of nitrogens with zero attached hydrogens (tertiary/aromatic N) is 3. The van der Waals surface area contributed by atoms with Gasteiger partial charge >= 0.3 is 0 Å². The minimum atomic E-state index is -0.236. The number of nitrogens with one attached hydrogen (secondary N) is 1. The van der Waals surface area contributed by atoms with Crippen LogP contribution in [-0.4, -0.2) is 72.2 Å². The minimum absolute atomic E-state index is 0.108. The fourth-order valence-corrected chi connectivity index (χ4v) is 5.72. The molecule has 170 valence electrons. The SMILES string of the molecule is Fc1ccc([C@@H]2C[C@@H](N3CCN(CCN4CCCNC4=S)CC3)c3ccc(F)cc32)cc1. The number of rotatable bonds is 5. The second kappa shape index (κ2) is 9.41. The number of hydrogen-bond acceptors (Lipinski definition) is 3. The number of benzene rings is 2. The maximum Gasteiger partial charge on any atom is 0.168 e. The monoisotopic (exact) mass is 456 g/mol. The maximum atomic E-state index is 14.1. The first-order valence-electron chi connectivity index (χ1n) is 11.6. The van der Waals surface area contributed by atoms with Gasteiger partial charge in [-0.25, -0.2) is 8.78 Å². The lowest BCUT2D eigenvalue weighted by atomic mass is 9.93. The maximum absolute atomic E-state index is 14.1. The second-order valence-corrected chi connectivity index (χ2v) is 9.47. The number of hydrogen-bond donors (Lipinski definition) is 1. The van der Waals surface area contributed by atoms with Crippen molar-refractivity contribution in [3.8, 4) is 0 Å². The predicted molar refractivity (Wildman–Crippen MR) is 127 cm³/mol. The summed E-state index contributed by atoms with van der Waals surface area (Å²) in [6.45, 7) is 8.10. The molecule has 4 nitrogen and oxygen atoms in total. The van der Waals surface area contributed by atoms with Gasteiger partial charge in [0.05, 0.1) is 0 Å². The van der Waals surface area contributed by atoms with Crippen LogP contribution in [-0.2, 0) is 0 Å². The molecule has 2 aliphatic heterocycles. The summed E-state index contributed by atoms with van der Waals surface area (Å²) < 4.78 is 27.6. The fraction of sp³-hybridized carbons (Fsp3) is 0.480. The molecule has 2 fully saturated rings. The normalized spacial score (nSPS) is 24.4. The summed E-state index contributed by atoms with van der Waals surface area (Å²) >= 11 is 5.43. The Morgan fingerprint density at radius 3 is 2.38 bits per heavy atom. The first-order valence-corrected chi connectivity index (χ1v) is 12.0. The Bertz CT molecular complexity index is 959. The van der Waals surface area contributed by atoms with Crippen LogP contribution in [0, 0.1) is 11.6 Å². The van der Waals surface area contributed by atoms with Crippen molar-refractivity contribution in [2.75, 3.05) is 52.4 Å². The quantitative estimate of drug-likeness (QED) is 0.691. The van der Waals surface area contributed by atoms with Gasteiger partial charge in [0.25, 0.3) is 0 Å². The molecule has 2 heterocycles. The summed E-state index contributed by atoms with van der Waals surface area (Å²) in [5, 5.41) is 4.17. The van der Waals surface area contributed by atoms with Crippen molar-refractivity contribution in [1.82, 2.24) is 20.0 Å². The average Bonchev–Trinajstić information content (AvgIpc) is 3.18. The van der Waals surface area contributed by atoms with Crippen LogP contribution in [0.3, 0.4) is 0 Å². The van der Waals surface area contributed by atoms with Crippen LogP contribution in [0.2, 0.25) is 0 Å². The van der Waals surface area contributed by atoms with E-state index in [1.807, 2.05) is 18.2 Å². The van der Waals surface area contributed by atoms with Crippen LogP contribution in [0.25, 0.3) is 0 Å². The molecule has 2 aromatic rings. The molecule has 0 unspecified atom stereocenters. The van der Waals surface area contributed by atoms with Gasteiger partial charge in [0.15, 0.2) is 5.11 Å². The third-order valence-corrected chi connectivity index (χ3v) is 7.62. The molecule has 0 radical (unpaired) electrons. The summed E-state index contributed by atoms with van der Waals surface area (Å²) in [7, 11) is 0. The molecule has 7 heteroatoms. The van der Waals surface area contributed by atoms with Crippen molar-refractivity contribution in [3.05, 3.63) is 70.8 Å². The van der Waals surface area contributed by atoms with Gasteiger partial charge in [0.2, 0.25) is 0 Å². The molecule has 0 aromatic heterocycles. The Balaban J connectivity index is 1.24. The van der Waals surface area contributed by atoms with Gasteiger partial charge in [-0.1, -0.05) is 18.2 Å². The van der Waals surface area contributed by atoms with Gasteiger partial charge in [0.1, 0.15) is 11.6 Å². The van der Waals surface area contributed by atoms with Gasteiger partial charge < -0.3 is 10.2 Å². The van der Waals surface area contributed by atoms with E-state index < -0.39 is 0 Å². The number of piperazine rings is 1. The van der Waals surface area contributed by atoms with E-state index >= 15 is 0 Å². The van der Waals surface area contributed by atoms with Gasteiger partial charge in [-0.15, -0.1) is 0 Å². The summed E-state index contributed by atoms with van der Waals surface area (Å²) in [6, 6.07) is 12.2. The van der Waals surface area contributed by atoms with E-state index in [0.717, 1.165) is 81.4 Å². The fourth-order valence-electron chi connectivity index (χ4n) is 5.44. The van der Waals surface area contributed by atoms with Crippen LogP contribution in [0.15, 0.2) is 42.5 Å². The van der Waals surface area contributed by atoms with Crippen molar-refractivity contribution >= 4 is 17.3 Å². The topological polar surface area (TPSA) is 21.8 Å². The third-order valence-electron chi connectivity index (χ3n) is 7.22. The zero-order valence-electron chi connectivity index (χ0n) is 18.3. The molecular formula is C25H30F2N4S. The summed E-state index contributed by atoms with van der Waals surface area (Å²) in [4.78, 5) is 7.34. The minimum Gasteiger partial charge on any atom is -0.362 e. The molecule has 0 bridgehead atoms. The summed E-state index contributed by atoms with van der Waals surface area (Å²) in [6.07, 6.45) is 2.06. The Labute approximate surface area is 194 Å². The van der Waals surface area contributed by atoms with Crippen LogP contribution in [0.5, 0.6) is 0 Å². The number of fused-ring (bicyclic) bond motifs is 1. The molecular weight excluding hydrogens is 426 g/mol. The van der Waals surface area contributed by atoms with E-state index in [0.29, 0.717) is 0 Å². The van der Waals surface area contributed by atoms with Gasteiger partial charge in [-0.3, -0.25) is 9.80 Å². The molecule has 32 heavy (non-hydrogen) atoms. The first kappa shape index (κ1) is 21.7. The zero-order valence-corrected chi connectivity index (χ0v) is 19.1. The van der Waals surface area contributed by atoms with E-state index in [9.17, 15) is 8.78 Å². The molecule has 3 aliphatic rings. The molecule has 1 aliphatic carbocycles. The highest BCUT2D eigenvalue weighted by atomic mass is 32.1. The summed E-state index contributed by atoms with van der Waals surface area (Å²) in [5.74, 6) is -0.330. The number of halogens is 2. The highest BCUT2D eigenvalue weighted by Crippen LogP contribution is 2.47. The van der Waals surface area contributed by atoms with Crippen molar-refractivity contribution < 1.29 is 8.78 Å². The van der Waals surface area contributed by atoms with Crippen LogP contribution in [0.1, 0.15) is 41.5 Å². The smallest absolute Gasteiger partial charge is 0.168 e. The molecule has 1 N–H and O–H groups in total. The van der Waals surface area contributed by atoms with E-state index in [2.05, 4.69) is 20.0 Å². The Kier molecular flexibility index (Phi) is 6.40. The van der Waals surface area contributed by atoms with Gasteiger partial charge in [-0.2, -0.15) is 0 Å². The van der Waals surface area contributed by atoms with E-state index in [1.54, 1.807) is 12.1 Å². The van der Waals surface area contributed by atoms with Crippen LogP contribution in [0.4, 0.5) is 8.78 Å². The molecule has 2 atom stereocenters. The number of thiocarbonyl (C=S) groups is 1. The molecule has 2 aromatic carbocycles. The lowest BCUT2D eigenvalue weighted by Gasteiger charge is -2.39. The molecule has 0 saturated carbocycles. The van der Waals surface area contributed by atoms with Crippen molar-refractivity contribution in [1.29, 1.82) is 0 Å². The highest BCUT2D eigenvalue weighted by molar-refractivity contribution is 7.80. The average molecular weight is 457 g/mol. The largest absolute Gasteiger partial charge is 0.362 e. The second-order valence-electron chi connectivity index (χ2n) is 9.08. The molecule has 2 saturated heterocycles. The van der Waals surface area contributed by atoms with Gasteiger partial charge in [0, 0.05) is 64.3 Å².